The molecule has 0 radical (unpaired) electrons. The maximum Gasteiger partial charge on any atom is 0.149 e. The van der Waals surface area contributed by atoms with E-state index < -0.39 is 8.15 Å². The molecule has 0 aliphatic carbocycles. The predicted octanol–water partition coefficient (Wildman–Crippen LogP) is 3.19. The Bertz CT molecular complexity index is 399. The summed E-state index contributed by atoms with van der Waals surface area (Å²) >= 11 is 0. The van der Waals surface area contributed by atoms with Gasteiger partial charge in [-0.1, -0.05) is 67.2 Å². The molecule has 0 saturated heterocycles. The zero-order valence-electron chi connectivity index (χ0n) is 8.91. The van der Waals surface area contributed by atoms with Gasteiger partial charge >= 0.3 is 0 Å². The van der Waals surface area contributed by atoms with Gasteiger partial charge in [-0.2, -0.15) is 0 Å². The highest BCUT2D eigenvalue weighted by Crippen LogP contribution is 2.34. The van der Waals surface area contributed by atoms with Crippen molar-refractivity contribution in [3.05, 3.63) is 73.5 Å². The zero-order chi connectivity index (χ0) is 11.2. The summed E-state index contributed by atoms with van der Waals surface area (Å²) in [7, 11) is -0.769. The molecular formula is C14H13OP. The molecule has 80 valence electrons. The summed E-state index contributed by atoms with van der Waals surface area (Å²) in [5, 5.41) is 2.40. The van der Waals surface area contributed by atoms with Gasteiger partial charge < -0.3 is 4.52 Å². The summed E-state index contributed by atoms with van der Waals surface area (Å²) in [5.74, 6) is 0. The Morgan fingerprint density at radius 2 is 1.25 bits per heavy atom. The van der Waals surface area contributed by atoms with Gasteiger partial charge in [0.25, 0.3) is 0 Å². The molecule has 1 nitrogen and oxygen atoms in total. The molecule has 2 aromatic rings. The average molecular weight is 228 g/mol. The Morgan fingerprint density at radius 1 is 0.812 bits per heavy atom. The molecule has 2 heteroatoms. The van der Waals surface area contributed by atoms with Crippen LogP contribution in [0.15, 0.2) is 73.5 Å². The smallest absolute Gasteiger partial charge is 0.149 e. The fourth-order valence-electron chi connectivity index (χ4n) is 1.47. The molecule has 0 heterocycles. The first-order valence-corrected chi connectivity index (χ1v) is 6.35. The van der Waals surface area contributed by atoms with E-state index in [1.54, 1.807) is 0 Å². The molecule has 0 aliphatic rings. The summed E-state index contributed by atoms with van der Waals surface area (Å²) in [6.07, 6.45) is 1.52. The van der Waals surface area contributed by atoms with Crippen molar-refractivity contribution in [3.8, 4) is 0 Å². The molecule has 0 fully saturated rings. The minimum Gasteiger partial charge on any atom is -0.473 e. The third-order valence-electron chi connectivity index (χ3n) is 2.16. The number of rotatable bonds is 4. The van der Waals surface area contributed by atoms with Crippen molar-refractivity contribution in [2.24, 2.45) is 0 Å². The fraction of sp³-hybridized carbons (Fsp3) is 0. The summed E-state index contributed by atoms with van der Waals surface area (Å²) in [5.41, 5.74) is 0. The van der Waals surface area contributed by atoms with Gasteiger partial charge in [0.15, 0.2) is 0 Å². The lowest BCUT2D eigenvalue weighted by Gasteiger charge is -2.16. The fourth-order valence-corrected chi connectivity index (χ4v) is 3.05. The Kier molecular flexibility index (Phi) is 3.74. The molecule has 0 amide bonds. The van der Waals surface area contributed by atoms with Crippen molar-refractivity contribution in [1.29, 1.82) is 0 Å². The predicted molar refractivity (Wildman–Crippen MR) is 70.4 cm³/mol. The minimum atomic E-state index is -0.769. The van der Waals surface area contributed by atoms with Gasteiger partial charge in [0.1, 0.15) is 8.15 Å². The van der Waals surface area contributed by atoms with Crippen molar-refractivity contribution in [2.45, 2.75) is 0 Å². The number of hydrogen-bond donors (Lipinski definition) is 0. The molecule has 16 heavy (non-hydrogen) atoms. The van der Waals surface area contributed by atoms with E-state index in [2.05, 4.69) is 30.8 Å². The second-order valence-electron chi connectivity index (χ2n) is 3.24. The standard InChI is InChI=1S/C14H13OP/c1-2-15-16(13-9-5-3-6-10-13)14-11-7-4-8-12-14/h2-12H,1H2. The SMILES string of the molecule is C=COP(c1ccccc1)c1ccccc1. The summed E-state index contributed by atoms with van der Waals surface area (Å²) in [4.78, 5) is 0. The van der Waals surface area contributed by atoms with Crippen LogP contribution in [0.2, 0.25) is 0 Å². The van der Waals surface area contributed by atoms with E-state index in [0.717, 1.165) is 0 Å². The van der Waals surface area contributed by atoms with Crippen LogP contribution >= 0.6 is 8.15 Å². The van der Waals surface area contributed by atoms with E-state index in [1.807, 2.05) is 36.4 Å². The Balaban J connectivity index is 2.35. The van der Waals surface area contributed by atoms with Crippen LogP contribution in [0.5, 0.6) is 0 Å². The Labute approximate surface area is 97.2 Å². The Morgan fingerprint density at radius 3 is 1.62 bits per heavy atom. The number of benzene rings is 2. The lowest BCUT2D eigenvalue weighted by atomic mass is 10.4. The first kappa shape index (κ1) is 10.9. The van der Waals surface area contributed by atoms with E-state index in [1.165, 1.54) is 16.9 Å². The highest BCUT2D eigenvalue weighted by atomic mass is 31.1. The van der Waals surface area contributed by atoms with Gasteiger partial charge in [-0.3, -0.25) is 0 Å². The molecule has 0 bridgehead atoms. The quantitative estimate of drug-likeness (QED) is 0.576. The highest BCUT2D eigenvalue weighted by molar-refractivity contribution is 7.68. The number of hydrogen-bond acceptors (Lipinski definition) is 1. The second kappa shape index (κ2) is 5.48. The first-order chi connectivity index (χ1) is 7.92. The van der Waals surface area contributed by atoms with E-state index in [4.69, 9.17) is 4.52 Å². The first-order valence-electron chi connectivity index (χ1n) is 5.10. The molecule has 0 atom stereocenters. The normalized spacial score (nSPS) is 10.1. The molecule has 2 rings (SSSR count). The third kappa shape index (κ3) is 2.50. The topological polar surface area (TPSA) is 9.23 Å². The average Bonchev–Trinajstić information content (AvgIpc) is 2.38. The van der Waals surface area contributed by atoms with Crippen LogP contribution < -0.4 is 10.6 Å². The van der Waals surface area contributed by atoms with E-state index >= 15 is 0 Å². The van der Waals surface area contributed by atoms with Crippen molar-refractivity contribution in [2.75, 3.05) is 0 Å². The molecule has 0 unspecified atom stereocenters. The molecule has 2 aromatic carbocycles. The van der Waals surface area contributed by atoms with E-state index in [9.17, 15) is 0 Å². The van der Waals surface area contributed by atoms with Gasteiger partial charge in [0.05, 0.1) is 6.26 Å². The molecule has 0 N–H and O–H groups in total. The van der Waals surface area contributed by atoms with Crippen LogP contribution in [0.1, 0.15) is 0 Å². The van der Waals surface area contributed by atoms with Gasteiger partial charge in [-0.25, -0.2) is 0 Å². The summed E-state index contributed by atoms with van der Waals surface area (Å²) in [6.45, 7) is 3.65. The van der Waals surface area contributed by atoms with E-state index in [-0.39, 0.29) is 0 Å². The van der Waals surface area contributed by atoms with Crippen LogP contribution in [-0.2, 0) is 4.52 Å². The van der Waals surface area contributed by atoms with Crippen molar-refractivity contribution in [3.63, 3.8) is 0 Å². The molecule has 0 saturated carbocycles. The van der Waals surface area contributed by atoms with Gasteiger partial charge in [0, 0.05) is 10.6 Å². The largest absolute Gasteiger partial charge is 0.473 e. The minimum absolute atomic E-state index is 0.769. The molecule has 0 aromatic heterocycles. The monoisotopic (exact) mass is 228 g/mol. The van der Waals surface area contributed by atoms with Crippen molar-refractivity contribution in [1.82, 2.24) is 0 Å². The van der Waals surface area contributed by atoms with Crippen LogP contribution in [0.4, 0.5) is 0 Å². The summed E-state index contributed by atoms with van der Waals surface area (Å²) < 4.78 is 5.64. The lowest BCUT2D eigenvalue weighted by molar-refractivity contribution is 0.552. The van der Waals surface area contributed by atoms with Gasteiger partial charge in [-0.15, -0.1) is 0 Å². The van der Waals surface area contributed by atoms with Crippen LogP contribution in [0.3, 0.4) is 0 Å². The van der Waals surface area contributed by atoms with Gasteiger partial charge in [0.2, 0.25) is 0 Å². The molecule has 0 aliphatic heterocycles. The van der Waals surface area contributed by atoms with Crippen LogP contribution in [-0.4, -0.2) is 0 Å². The molecule has 0 spiro atoms. The van der Waals surface area contributed by atoms with E-state index in [0.29, 0.717) is 0 Å². The molecular weight excluding hydrogens is 215 g/mol. The lowest BCUT2D eigenvalue weighted by Crippen LogP contribution is -2.11. The Hall–Kier alpha value is -1.59. The third-order valence-corrected chi connectivity index (χ3v) is 4.06. The summed E-state index contributed by atoms with van der Waals surface area (Å²) in [6, 6.07) is 20.5. The van der Waals surface area contributed by atoms with Crippen LogP contribution in [0.25, 0.3) is 0 Å². The second-order valence-corrected chi connectivity index (χ2v) is 5.07. The maximum atomic E-state index is 5.64. The highest BCUT2D eigenvalue weighted by Gasteiger charge is 2.13. The van der Waals surface area contributed by atoms with Crippen molar-refractivity contribution < 1.29 is 4.52 Å². The van der Waals surface area contributed by atoms with Crippen molar-refractivity contribution >= 4 is 18.8 Å². The van der Waals surface area contributed by atoms with Gasteiger partial charge in [-0.05, 0) is 0 Å². The maximum absolute atomic E-state index is 5.64. The zero-order valence-corrected chi connectivity index (χ0v) is 9.81. The van der Waals surface area contributed by atoms with Crippen LogP contribution in [0, 0.1) is 0 Å².